The van der Waals surface area contributed by atoms with Gasteiger partial charge in [-0.15, -0.1) is 0 Å². The fraction of sp³-hybridized carbons (Fsp3) is 0.450. The number of carbonyl (C=O) groups is 2. The van der Waals surface area contributed by atoms with E-state index in [1.54, 1.807) is 0 Å². The lowest BCUT2D eigenvalue weighted by Crippen LogP contribution is -2.35. The minimum absolute atomic E-state index is 0.124. The Morgan fingerprint density at radius 2 is 1.92 bits per heavy atom. The Bertz CT molecular complexity index is 836. The summed E-state index contributed by atoms with van der Waals surface area (Å²) >= 11 is 0. The molecule has 1 fully saturated rings. The van der Waals surface area contributed by atoms with Gasteiger partial charge in [0.25, 0.3) is 0 Å². The Labute approximate surface area is 154 Å². The Kier molecular flexibility index (Phi) is 5.11. The van der Waals surface area contributed by atoms with Crippen molar-refractivity contribution in [3.05, 3.63) is 46.8 Å². The Hall–Kier alpha value is -2.63. The van der Waals surface area contributed by atoms with Gasteiger partial charge in [0.1, 0.15) is 6.42 Å². The molecule has 0 atom stereocenters. The van der Waals surface area contributed by atoms with Crippen molar-refractivity contribution >= 4 is 17.5 Å². The van der Waals surface area contributed by atoms with Gasteiger partial charge < -0.3 is 10.2 Å². The number of hydrogen-bond acceptors (Lipinski definition) is 3. The lowest BCUT2D eigenvalue weighted by Gasteiger charge is -2.22. The smallest absolute Gasteiger partial charge is 0.233 e. The van der Waals surface area contributed by atoms with Crippen molar-refractivity contribution in [3.8, 4) is 0 Å². The number of aryl methyl sites for hydroxylation is 3. The van der Waals surface area contributed by atoms with Gasteiger partial charge in [0, 0.05) is 36.6 Å². The highest BCUT2D eigenvalue weighted by atomic mass is 16.2. The zero-order valence-corrected chi connectivity index (χ0v) is 15.9. The Morgan fingerprint density at radius 1 is 1.23 bits per heavy atom. The van der Waals surface area contributed by atoms with Crippen molar-refractivity contribution in [1.82, 2.24) is 14.7 Å². The highest BCUT2D eigenvalue weighted by Crippen LogP contribution is 2.30. The van der Waals surface area contributed by atoms with Crippen LogP contribution in [0.5, 0.6) is 0 Å². The molecule has 0 spiro atoms. The molecule has 1 N–H and O–H groups in total. The van der Waals surface area contributed by atoms with E-state index in [0.29, 0.717) is 6.54 Å². The van der Waals surface area contributed by atoms with Gasteiger partial charge in [0.2, 0.25) is 11.8 Å². The molecular weight excluding hydrogens is 328 g/mol. The number of para-hydroxylation sites is 1. The van der Waals surface area contributed by atoms with Gasteiger partial charge in [-0.3, -0.25) is 14.3 Å². The maximum atomic E-state index is 12.8. The molecule has 1 aliphatic rings. The van der Waals surface area contributed by atoms with E-state index in [-0.39, 0.29) is 24.3 Å². The third kappa shape index (κ3) is 3.95. The second kappa shape index (κ2) is 7.32. The van der Waals surface area contributed by atoms with Crippen molar-refractivity contribution in [2.45, 2.75) is 52.6 Å². The summed E-state index contributed by atoms with van der Waals surface area (Å²) in [4.78, 5) is 27.0. The first kappa shape index (κ1) is 18.2. The van der Waals surface area contributed by atoms with E-state index in [4.69, 9.17) is 0 Å². The van der Waals surface area contributed by atoms with E-state index in [0.717, 1.165) is 41.0 Å². The van der Waals surface area contributed by atoms with Crippen LogP contribution >= 0.6 is 0 Å². The summed E-state index contributed by atoms with van der Waals surface area (Å²) < 4.78 is 1.84. The molecule has 2 aromatic rings. The molecule has 26 heavy (non-hydrogen) atoms. The predicted molar refractivity (Wildman–Crippen MR) is 101 cm³/mol. The van der Waals surface area contributed by atoms with Gasteiger partial charge in [-0.25, -0.2) is 0 Å². The first-order valence-electron chi connectivity index (χ1n) is 9.01. The molecule has 1 aromatic carbocycles. The van der Waals surface area contributed by atoms with Gasteiger partial charge in [0.05, 0.1) is 5.69 Å². The van der Waals surface area contributed by atoms with Gasteiger partial charge >= 0.3 is 0 Å². The molecule has 1 heterocycles. The second-order valence-corrected chi connectivity index (χ2v) is 7.07. The molecular formula is C20H26N4O2. The van der Waals surface area contributed by atoms with Crippen LogP contribution in [-0.2, 0) is 23.2 Å². The van der Waals surface area contributed by atoms with Crippen LogP contribution in [0, 0.1) is 20.8 Å². The minimum atomic E-state index is -0.269. The number of amides is 2. The number of benzene rings is 1. The monoisotopic (exact) mass is 354 g/mol. The predicted octanol–water partition coefficient (Wildman–Crippen LogP) is 2.87. The summed E-state index contributed by atoms with van der Waals surface area (Å²) in [5.74, 6) is -0.393. The molecule has 1 aromatic heterocycles. The first-order valence-corrected chi connectivity index (χ1v) is 9.01. The van der Waals surface area contributed by atoms with Crippen molar-refractivity contribution in [3.63, 3.8) is 0 Å². The van der Waals surface area contributed by atoms with Gasteiger partial charge in [0.15, 0.2) is 0 Å². The molecule has 138 valence electrons. The van der Waals surface area contributed by atoms with Crippen molar-refractivity contribution in [1.29, 1.82) is 0 Å². The molecule has 6 heteroatoms. The number of hydrogen-bond donors (Lipinski definition) is 1. The summed E-state index contributed by atoms with van der Waals surface area (Å²) in [5, 5.41) is 7.27. The molecule has 0 unspecified atom stereocenters. The van der Waals surface area contributed by atoms with Crippen molar-refractivity contribution in [2.24, 2.45) is 7.05 Å². The molecule has 2 amide bonds. The van der Waals surface area contributed by atoms with E-state index in [1.807, 2.05) is 61.7 Å². The van der Waals surface area contributed by atoms with Gasteiger partial charge in [-0.2, -0.15) is 5.10 Å². The largest absolute Gasteiger partial charge is 0.335 e. The van der Waals surface area contributed by atoms with E-state index < -0.39 is 0 Å². The standard InChI is InChI=1S/C20H26N4O2/c1-13-7-5-6-8-18(13)21-19(25)11-20(26)24(16-9-10-16)12-17-14(2)22-23(4)15(17)3/h5-8,16H,9-12H2,1-4H3,(H,21,25). The highest BCUT2D eigenvalue weighted by Gasteiger charge is 2.34. The molecule has 6 nitrogen and oxygen atoms in total. The maximum Gasteiger partial charge on any atom is 0.233 e. The summed E-state index contributed by atoms with van der Waals surface area (Å²) in [6, 6.07) is 7.81. The maximum absolute atomic E-state index is 12.8. The number of aromatic nitrogens is 2. The molecule has 3 rings (SSSR count). The van der Waals surface area contributed by atoms with Crippen LogP contribution in [0.15, 0.2) is 24.3 Å². The van der Waals surface area contributed by atoms with Crippen LogP contribution in [0.1, 0.15) is 41.8 Å². The van der Waals surface area contributed by atoms with E-state index in [1.165, 1.54) is 0 Å². The van der Waals surface area contributed by atoms with E-state index in [2.05, 4.69) is 10.4 Å². The summed E-state index contributed by atoms with van der Waals surface area (Å²) in [5.41, 5.74) is 4.81. The summed E-state index contributed by atoms with van der Waals surface area (Å²) in [6.07, 6.45) is 1.87. The van der Waals surface area contributed by atoms with Crippen LogP contribution in [0.2, 0.25) is 0 Å². The normalized spacial score (nSPS) is 13.5. The van der Waals surface area contributed by atoms with Crippen molar-refractivity contribution in [2.75, 3.05) is 5.32 Å². The fourth-order valence-corrected chi connectivity index (χ4v) is 3.17. The van der Waals surface area contributed by atoms with Crippen LogP contribution in [0.3, 0.4) is 0 Å². The minimum Gasteiger partial charge on any atom is -0.335 e. The summed E-state index contributed by atoms with van der Waals surface area (Å²) in [6.45, 7) is 6.42. The first-order chi connectivity index (χ1) is 12.4. The number of nitrogens with one attached hydrogen (secondary N) is 1. The topological polar surface area (TPSA) is 67.2 Å². The second-order valence-electron chi connectivity index (χ2n) is 7.07. The van der Waals surface area contributed by atoms with Crippen LogP contribution in [0.4, 0.5) is 5.69 Å². The average molecular weight is 354 g/mol. The molecule has 0 bridgehead atoms. The molecule has 1 saturated carbocycles. The number of nitrogens with zero attached hydrogens (tertiary/aromatic N) is 3. The SMILES string of the molecule is Cc1ccccc1NC(=O)CC(=O)N(Cc1c(C)nn(C)c1C)C1CC1. The number of rotatable bonds is 6. The third-order valence-corrected chi connectivity index (χ3v) is 5.03. The lowest BCUT2D eigenvalue weighted by atomic mass is 10.1. The molecule has 1 aliphatic carbocycles. The zero-order valence-electron chi connectivity index (χ0n) is 15.9. The van der Waals surface area contributed by atoms with Crippen LogP contribution in [0.25, 0.3) is 0 Å². The molecule has 0 saturated heterocycles. The Morgan fingerprint density at radius 3 is 2.50 bits per heavy atom. The summed E-state index contributed by atoms with van der Waals surface area (Å²) in [7, 11) is 1.91. The van der Waals surface area contributed by atoms with E-state index >= 15 is 0 Å². The van der Waals surface area contributed by atoms with Gasteiger partial charge in [-0.1, -0.05) is 18.2 Å². The fourth-order valence-electron chi connectivity index (χ4n) is 3.17. The van der Waals surface area contributed by atoms with Crippen LogP contribution in [-0.4, -0.2) is 32.5 Å². The zero-order chi connectivity index (χ0) is 18.8. The highest BCUT2D eigenvalue weighted by molar-refractivity contribution is 6.04. The van der Waals surface area contributed by atoms with Gasteiger partial charge in [-0.05, 0) is 45.2 Å². The lowest BCUT2D eigenvalue weighted by molar-refractivity contribution is -0.135. The number of carbonyl (C=O) groups excluding carboxylic acids is 2. The quantitative estimate of drug-likeness (QED) is 0.811. The number of anilines is 1. The van der Waals surface area contributed by atoms with Crippen LogP contribution < -0.4 is 5.32 Å². The van der Waals surface area contributed by atoms with Crippen molar-refractivity contribution < 1.29 is 9.59 Å². The Balaban J connectivity index is 1.67. The molecule has 0 radical (unpaired) electrons. The van der Waals surface area contributed by atoms with E-state index in [9.17, 15) is 9.59 Å². The molecule has 0 aliphatic heterocycles. The third-order valence-electron chi connectivity index (χ3n) is 5.03. The average Bonchev–Trinajstić information content (AvgIpc) is 3.38.